The van der Waals surface area contributed by atoms with Gasteiger partial charge in [-0.3, -0.25) is 9.59 Å². The Morgan fingerprint density at radius 1 is 1.07 bits per heavy atom. The smallest absolute Gasteiger partial charge is 0.220 e. The van der Waals surface area contributed by atoms with Crippen molar-refractivity contribution in [3.63, 3.8) is 0 Å². The van der Waals surface area contributed by atoms with Gasteiger partial charge in [0.05, 0.1) is 12.1 Å². The molecule has 0 aliphatic rings. The molecule has 164 valence electrons. The van der Waals surface area contributed by atoms with E-state index in [0.29, 0.717) is 17.9 Å². The molecule has 29 heavy (non-hydrogen) atoms. The van der Waals surface area contributed by atoms with Crippen molar-refractivity contribution in [3.05, 3.63) is 35.4 Å². The third-order valence-corrected chi connectivity index (χ3v) is 4.55. The number of carbonyl (C=O) groups is 2. The van der Waals surface area contributed by atoms with Crippen molar-refractivity contribution in [1.82, 2.24) is 10.6 Å². The van der Waals surface area contributed by atoms with Crippen LogP contribution in [0.2, 0.25) is 0 Å². The Morgan fingerprint density at radius 2 is 1.69 bits per heavy atom. The van der Waals surface area contributed by atoms with Gasteiger partial charge in [-0.2, -0.15) is 0 Å². The second kappa shape index (κ2) is 12.5. The molecule has 0 heterocycles. The summed E-state index contributed by atoms with van der Waals surface area (Å²) in [5.74, 6) is -1.69. The maximum Gasteiger partial charge on any atom is 0.220 e. The molecule has 0 spiro atoms. The Labute approximate surface area is 170 Å². The Kier molecular flexibility index (Phi) is 10.8. The first kappa shape index (κ1) is 25.0. The first-order valence-electron chi connectivity index (χ1n) is 9.91. The van der Waals surface area contributed by atoms with Gasteiger partial charge in [0.25, 0.3) is 0 Å². The van der Waals surface area contributed by atoms with Crippen LogP contribution in [0.25, 0.3) is 0 Å². The topological polar surface area (TPSA) is 98.7 Å². The number of hydrogen-bond acceptors (Lipinski definition) is 4. The van der Waals surface area contributed by atoms with Gasteiger partial charge in [0, 0.05) is 32.1 Å². The summed E-state index contributed by atoms with van der Waals surface area (Å²) in [6.45, 7) is 5.12. The number of aliphatic hydroxyl groups excluding tert-OH is 2. The molecule has 4 N–H and O–H groups in total. The van der Waals surface area contributed by atoms with Crippen molar-refractivity contribution in [2.24, 2.45) is 5.92 Å². The summed E-state index contributed by atoms with van der Waals surface area (Å²) in [5, 5.41) is 25.3. The Balaban J connectivity index is 2.82. The van der Waals surface area contributed by atoms with Crippen molar-refractivity contribution in [1.29, 1.82) is 0 Å². The molecule has 1 aromatic carbocycles. The van der Waals surface area contributed by atoms with Crippen LogP contribution in [0.3, 0.4) is 0 Å². The zero-order chi connectivity index (χ0) is 22.0. The van der Waals surface area contributed by atoms with Crippen LogP contribution >= 0.6 is 0 Å². The maximum atomic E-state index is 13.5. The van der Waals surface area contributed by atoms with Crippen LogP contribution in [-0.2, 0) is 16.0 Å². The normalized spacial score (nSPS) is 14.3. The lowest BCUT2D eigenvalue weighted by atomic mass is 9.95. The summed E-state index contributed by atoms with van der Waals surface area (Å²) in [5.41, 5.74) is 0.292. The van der Waals surface area contributed by atoms with Crippen LogP contribution in [0.1, 0.15) is 52.0 Å². The standard InChI is InChI=1S/C21H32F2N2O4/c1-13(2)4-5-21(29)25-18(6-7-26)12-20(28)19(24-14(3)27)10-15-8-16(22)11-17(23)9-15/h8-9,11,13,18-20,26,28H,4-7,10,12H2,1-3H3,(H,24,27)(H,25,29)/t18?,19-,20-/m0/s1. The van der Waals surface area contributed by atoms with E-state index in [1.165, 1.54) is 6.92 Å². The van der Waals surface area contributed by atoms with Gasteiger partial charge in [0.1, 0.15) is 11.6 Å². The maximum absolute atomic E-state index is 13.5. The van der Waals surface area contributed by atoms with Crippen LogP contribution in [0.5, 0.6) is 0 Å². The van der Waals surface area contributed by atoms with Crippen LogP contribution < -0.4 is 10.6 Å². The molecule has 0 radical (unpaired) electrons. The summed E-state index contributed by atoms with van der Waals surface area (Å²) < 4.78 is 26.9. The fourth-order valence-corrected chi connectivity index (χ4v) is 3.11. The lowest BCUT2D eigenvalue weighted by Gasteiger charge is -2.28. The van der Waals surface area contributed by atoms with Crippen molar-refractivity contribution in [3.8, 4) is 0 Å². The average molecular weight is 414 g/mol. The van der Waals surface area contributed by atoms with Crippen LogP contribution in [-0.4, -0.2) is 46.8 Å². The molecule has 8 heteroatoms. The minimum atomic E-state index is -1.09. The lowest BCUT2D eigenvalue weighted by molar-refractivity contribution is -0.123. The van der Waals surface area contributed by atoms with Crippen molar-refractivity contribution in [2.45, 2.75) is 71.1 Å². The number of nitrogens with one attached hydrogen (secondary N) is 2. The highest BCUT2D eigenvalue weighted by Crippen LogP contribution is 2.15. The number of benzene rings is 1. The first-order chi connectivity index (χ1) is 13.6. The summed E-state index contributed by atoms with van der Waals surface area (Å²) in [6.07, 6.45) is 0.311. The third kappa shape index (κ3) is 10.3. The SMILES string of the molecule is CC(=O)N[C@@H](Cc1cc(F)cc(F)c1)[C@@H](O)CC(CCO)NC(=O)CCC(C)C. The van der Waals surface area contributed by atoms with Gasteiger partial charge in [-0.05, 0) is 49.3 Å². The molecule has 0 saturated carbocycles. The highest BCUT2D eigenvalue weighted by atomic mass is 19.1. The monoisotopic (exact) mass is 414 g/mol. The molecule has 2 amide bonds. The molecule has 3 atom stereocenters. The van der Waals surface area contributed by atoms with Gasteiger partial charge in [-0.15, -0.1) is 0 Å². The van der Waals surface area contributed by atoms with E-state index in [1.54, 1.807) is 0 Å². The molecule has 0 aliphatic heterocycles. The van der Waals surface area contributed by atoms with Gasteiger partial charge in [0.2, 0.25) is 11.8 Å². The minimum absolute atomic E-state index is 0.0164. The molecule has 1 rings (SSSR count). The quantitative estimate of drug-likeness (QED) is 0.421. The summed E-state index contributed by atoms with van der Waals surface area (Å²) in [4.78, 5) is 23.6. The van der Waals surface area contributed by atoms with Crippen LogP contribution in [0, 0.1) is 17.6 Å². The third-order valence-electron chi connectivity index (χ3n) is 4.55. The van der Waals surface area contributed by atoms with Crippen LogP contribution in [0.4, 0.5) is 8.78 Å². The number of halogens is 2. The number of aliphatic hydroxyl groups is 2. The Morgan fingerprint density at radius 3 is 2.21 bits per heavy atom. The predicted octanol–water partition coefficient (Wildman–Crippen LogP) is 2.07. The van der Waals surface area contributed by atoms with E-state index < -0.39 is 35.7 Å². The second-order valence-corrected chi connectivity index (χ2v) is 7.80. The molecular weight excluding hydrogens is 382 g/mol. The first-order valence-corrected chi connectivity index (χ1v) is 9.91. The molecule has 6 nitrogen and oxygen atoms in total. The van der Waals surface area contributed by atoms with Gasteiger partial charge in [-0.25, -0.2) is 8.78 Å². The fraction of sp³-hybridized carbons (Fsp3) is 0.619. The fourth-order valence-electron chi connectivity index (χ4n) is 3.11. The van der Waals surface area contributed by atoms with Crippen LogP contribution in [0.15, 0.2) is 18.2 Å². The van der Waals surface area contributed by atoms with E-state index >= 15 is 0 Å². The number of amides is 2. The second-order valence-electron chi connectivity index (χ2n) is 7.80. The molecule has 0 bridgehead atoms. The van der Waals surface area contributed by atoms with Gasteiger partial charge in [0.15, 0.2) is 0 Å². The zero-order valence-corrected chi connectivity index (χ0v) is 17.3. The minimum Gasteiger partial charge on any atom is -0.396 e. The lowest BCUT2D eigenvalue weighted by Crippen LogP contribution is -2.47. The molecule has 0 fully saturated rings. The summed E-state index contributed by atoms with van der Waals surface area (Å²) in [7, 11) is 0. The van der Waals surface area contributed by atoms with E-state index in [9.17, 15) is 28.6 Å². The zero-order valence-electron chi connectivity index (χ0n) is 17.3. The van der Waals surface area contributed by atoms with Gasteiger partial charge in [-0.1, -0.05) is 13.8 Å². The highest BCUT2D eigenvalue weighted by molar-refractivity contribution is 5.76. The molecular formula is C21H32F2N2O4. The summed E-state index contributed by atoms with van der Waals surface area (Å²) >= 11 is 0. The van der Waals surface area contributed by atoms with E-state index in [4.69, 9.17) is 0 Å². The number of rotatable bonds is 12. The predicted molar refractivity (Wildman–Crippen MR) is 106 cm³/mol. The van der Waals surface area contributed by atoms with E-state index in [1.807, 2.05) is 13.8 Å². The number of hydrogen-bond donors (Lipinski definition) is 4. The van der Waals surface area contributed by atoms with E-state index in [-0.39, 0.29) is 31.8 Å². The van der Waals surface area contributed by atoms with E-state index in [0.717, 1.165) is 24.6 Å². The highest BCUT2D eigenvalue weighted by Gasteiger charge is 2.25. The van der Waals surface area contributed by atoms with E-state index in [2.05, 4.69) is 10.6 Å². The van der Waals surface area contributed by atoms with Crippen molar-refractivity contribution < 1.29 is 28.6 Å². The molecule has 0 aliphatic carbocycles. The van der Waals surface area contributed by atoms with Crippen molar-refractivity contribution >= 4 is 11.8 Å². The molecule has 1 aromatic rings. The molecule has 0 saturated heterocycles. The molecule has 0 aromatic heterocycles. The Bertz CT molecular complexity index is 650. The molecule has 1 unspecified atom stereocenters. The average Bonchev–Trinajstić information content (AvgIpc) is 2.58. The van der Waals surface area contributed by atoms with Gasteiger partial charge < -0.3 is 20.8 Å². The van der Waals surface area contributed by atoms with Crippen molar-refractivity contribution in [2.75, 3.05) is 6.61 Å². The van der Waals surface area contributed by atoms with Gasteiger partial charge >= 0.3 is 0 Å². The number of carbonyl (C=O) groups excluding carboxylic acids is 2. The Hall–Kier alpha value is -2.06. The largest absolute Gasteiger partial charge is 0.396 e. The summed E-state index contributed by atoms with van der Waals surface area (Å²) in [6, 6.07) is 1.74.